The lowest BCUT2D eigenvalue weighted by atomic mass is 10.00. The van der Waals surface area contributed by atoms with E-state index in [0.717, 1.165) is 18.6 Å². The molecule has 0 heterocycles. The van der Waals surface area contributed by atoms with Crippen molar-refractivity contribution in [2.45, 2.75) is 70.9 Å². The summed E-state index contributed by atoms with van der Waals surface area (Å²) in [6.45, 7) is 6.54. The van der Waals surface area contributed by atoms with Gasteiger partial charge in [0.15, 0.2) is 0 Å². The average Bonchev–Trinajstić information content (AvgIpc) is 2.55. The van der Waals surface area contributed by atoms with E-state index in [2.05, 4.69) is 39.0 Å². The quantitative estimate of drug-likeness (QED) is 0.829. The summed E-state index contributed by atoms with van der Waals surface area (Å²) in [6.07, 6.45) is 6.13. The number of nitrogens with two attached hydrogens (primary N) is 1. The zero-order valence-corrected chi connectivity index (χ0v) is 12.5. The van der Waals surface area contributed by atoms with Crippen LogP contribution in [0.5, 0.6) is 5.75 Å². The third-order valence-electron chi connectivity index (χ3n) is 4.07. The summed E-state index contributed by atoms with van der Waals surface area (Å²) in [7, 11) is 0. The molecule has 2 unspecified atom stereocenters. The van der Waals surface area contributed by atoms with E-state index >= 15 is 0 Å². The lowest BCUT2D eigenvalue weighted by Crippen LogP contribution is -2.38. The first kappa shape index (κ1) is 14.4. The van der Waals surface area contributed by atoms with E-state index in [4.69, 9.17) is 10.5 Å². The van der Waals surface area contributed by atoms with Crippen molar-refractivity contribution in [2.24, 2.45) is 5.73 Å². The Morgan fingerprint density at radius 3 is 2.63 bits per heavy atom. The highest BCUT2D eigenvalue weighted by molar-refractivity contribution is 5.39. The maximum absolute atomic E-state index is 6.30. The van der Waals surface area contributed by atoms with Gasteiger partial charge in [-0.3, -0.25) is 0 Å². The van der Waals surface area contributed by atoms with Crippen LogP contribution < -0.4 is 10.5 Å². The molecule has 2 rings (SSSR count). The standard InChI is InChI=1S/C17H27NO/c1-12(2)14-10-9-13(3)11-17(14)19-16-8-6-4-5-7-15(16)18/h9-12,15-16H,4-8,18H2,1-3H3. The number of benzene rings is 1. The van der Waals surface area contributed by atoms with Gasteiger partial charge in [-0.1, -0.05) is 38.8 Å². The van der Waals surface area contributed by atoms with Crippen molar-refractivity contribution in [3.63, 3.8) is 0 Å². The van der Waals surface area contributed by atoms with Crippen LogP contribution in [0, 0.1) is 6.92 Å². The summed E-state index contributed by atoms with van der Waals surface area (Å²) in [6, 6.07) is 6.70. The zero-order chi connectivity index (χ0) is 13.8. The van der Waals surface area contributed by atoms with Crippen molar-refractivity contribution in [1.82, 2.24) is 0 Å². The van der Waals surface area contributed by atoms with Gasteiger partial charge in [0.1, 0.15) is 11.9 Å². The van der Waals surface area contributed by atoms with Gasteiger partial charge in [0.05, 0.1) is 0 Å². The number of hydrogen-bond acceptors (Lipinski definition) is 2. The van der Waals surface area contributed by atoms with Crippen LogP contribution in [0.15, 0.2) is 18.2 Å². The molecule has 0 amide bonds. The van der Waals surface area contributed by atoms with E-state index in [1.165, 1.54) is 30.4 Å². The molecule has 2 nitrogen and oxygen atoms in total. The second-order valence-corrected chi connectivity index (χ2v) is 6.15. The smallest absolute Gasteiger partial charge is 0.123 e. The summed E-state index contributed by atoms with van der Waals surface area (Å²) in [4.78, 5) is 0. The molecule has 2 atom stereocenters. The van der Waals surface area contributed by atoms with Gasteiger partial charge in [-0.25, -0.2) is 0 Å². The predicted octanol–water partition coefficient (Wildman–Crippen LogP) is 4.16. The second kappa shape index (κ2) is 6.42. The minimum atomic E-state index is 0.182. The number of aryl methyl sites for hydroxylation is 1. The van der Waals surface area contributed by atoms with Crippen LogP contribution in [0.4, 0.5) is 0 Å². The fourth-order valence-corrected chi connectivity index (χ4v) is 2.83. The van der Waals surface area contributed by atoms with Gasteiger partial charge in [-0.15, -0.1) is 0 Å². The van der Waals surface area contributed by atoms with Crippen molar-refractivity contribution in [3.05, 3.63) is 29.3 Å². The first-order valence-electron chi connectivity index (χ1n) is 7.60. The molecule has 2 heteroatoms. The second-order valence-electron chi connectivity index (χ2n) is 6.15. The Morgan fingerprint density at radius 2 is 1.89 bits per heavy atom. The Kier molecular flexibility index (Phi) is 4.87. The molecule has 0 saturated heterocycles. The summed E-state index contributed by atoms with van der Waals surface area (Å²) in [5, 5.41) is 0. The van der Waals surface area contributed by atoms with E-state index in [1.54, 1.807) is 0 Å². The Hall–Kier alpha value is -1.02. The van der Waals surface area contributed by atoms with Crippen LogP contribution in [0.25, 0.3) is 0 Å². The van der Waals surface area contributed by atoms with E-state index < -0.39 is 0 Å². The monoisotopic (exact) mass is 261 g/mol. The van der Waals surface area contributed by atoms with Crippen LogP contribution in [0.1, 0.15) is 63.0 Å². The molecule has 2 N–H and O–H groups in total. The molecule has 19 heavy (non-hydrogen) atoms. The molecule has 1 aliphatic carbocycles. The summed E-state index contributed by atoms with van der Waals surface area (Å²) in [5.74, 6) is 1.52. The zero-order valence-electron chi connectivity index (χ0n) is 12.5. The number of hydrogen-bond donors (Lipinski definition) is 1. The highest BCUT2D eigenvalue weighted by Gasteiger charge is 2.23. The van der Waals surface area contributed by atoms with Crippen LogP contribution in [-0.2, 0) is 0 Å². The van der Waals surface area contributed by atoms with Crippen molar-refractivity contribution >= 4 is 0 Å². The summed E-state index contributed by atoms with van der Waals surface area (Å²) in [5.41, 5.74) is 8.81. The summed E-state index contributed by atoms with van der Waals surface area (Å²) >= 11 is 0. The highest BCUT2D eigenvalue weighted by Crippen LogP contribution is 2.30. The Balaban J connectivity index is 2.18. The fraction of sp³-hybridized carbons (Fsp3) is 0.647. The van der Waals surface area contributed by atoms with Crippen molar-refractivity contribution in [3.8, 4) is 5.75 Å². The minimum Gasteiger partial charge on any atom is -0.489 e. The van der Waals surface area contributed by atoms with Gasteiger partial charge in [0.25, 0.3) is 0 Å². The molecule has 0 spiro atoms. The molecular weight excluding hydrogens is 234 g/mol. The molecule has 1 aromatic rings. The van der Waals surface area contributed by atoms with E-state index in [1.807, 2.05) is 0 Å². The fourth-order valence-electron chi connectivity index (χ4n) is 2.83. The lowest BCUT2D eigenvalue weighted by molar-refractivity contribution is 0.160. The van der Waals surface area contributed by atoms with Crippen molar-refractivity contribution in [2.75, 3.05) is 0 Å². The molecule has 1 saturated carbocycles. The predicted molar refractivity (Wildman–Crippen MR) is 80.7 cm³/mol. The first-order chi connectivity index (χ1) is 9.08. The molecule has 1 fully saturated rings. The van der Waals surface area contributed by atoms with Gasteiger partial charge in [-0.05, 0) is 49.3 Å². The van der Waals surface area contributed by atoms with Crippen molar-refractivity contribution < 1.29 is 4.74 Å². The van der Waals surface area contributed by atoms with Crippen LogP contribution in [0.3, 0.4) is 0 Å². The molecule has 0 aromatic heterocycles. The Labute approximate surface area is 117 Å². The average molecular weight is 261 g/mol. The topological polar surface area (TPSA) is 35.2 Å². The van der Waals surface area contributed by atoms with Gasteiger partial charge in [-0.2, -0.15) is 0 Å². The van der Waals surface area contributed by atoms with Crippen LogP contribution in [-0.4, -0.2) is 12.1 Å². The molecular formula is C17H27NO. The maximum Gasteiger partial charge on any atom is 0.123 e. The van der Waals surface area contributed by atoms with Gasteiger partial charge >= 0.3 is 0 Å². The molecule has 0 bridgehead atoms. The van der Waals surface area contributed by atoms with Crippen molar-refractivity contribution in [1.29, 1.82) is 0 Å². The van der Waals surface area contributed by atoms with Crippen LogP contribution in [0.2, 0.25) is 0 Å². The summed E-state index contributed by atoms with van der Waals surface area (Å²) < 4.78 is 6.30. The number of ether oxygens (including phenoxy) is 1. The molecule has 1 aromatic carbocycles. The largest absolute Gasteiger partial charge is 0.489 e. The third kappa shape index (κ3) is 3.73. The van der Waals surface area contributed by atoms with E-state index in [0.29, 0.717) is 5.92 Å². The first-order valence-corrected chi connectivity index (χ1v) is 7.60. The molecule has 106 valence electrons. The Morgan fingerprint density at radius 1 is 1.16 bits per heavy atom. The molecule has 1 aliphatic rings. The number of rotatable bonds is 3. The minimum absolute atomic E-state index is 0.182. The Bertz CT molecular complexity index is 414. The molecule has 0 radical (unpaired) electrons. The maximum atomic E-state index is 6.30. The third-order valence-corrected chi connectivity index (χ3v) is 4.07. The lowest BCUT2D eigenvalue weighted by Gasteiger charge is -2.25. The van der Waals surface area contributed by atoms with Gasteiger partial charge < -0.3 is 10.5 Å². The van der Waals surface area contributed by atoms with E-state index in [-0.39, 0.29) is 12.1 Å². The molecule has 0 aliphatic heterocycles. The van der Waals surface area contributed by atoms with E-state index in [9.17, 15) is 0 Å². The SMILES string of the molecule is Cc1ccc(C(C)C)c(OC2CCCCCC2N)c1. The van der Waals surface area contributed by atoms with Gasteiger partial charge in [0.2, 0.25) is 0 Å². The van der Waals surface area contributed by atoms with Crippen LogP contribution >= 0.6 is 0 Å². The normalized spacial score (nSPS) is 24.3. The highest BCUT2D eigenvalue weighted by atomic mass is 16.5. The van der Waals surface area contributed by atoms with Gasteiger partial charge in [0, 0.05) is 6.04 Å².